The van der Waals surface area contributed by atoms with E-state index in [1.807, 2.05) is 0 Å². The number of ether oxygens (including phenoxy) is 2. The number of carbonyl (C=O) groups is 2. The van der Waals surface area contributed by atoms with Crippen LogP contribution < -0.4 is 17.3 Å². The Kier molecular flexibility index (Phi) is 42.6. The van der Waals surface area contributed by atoms with Gasteiger partial charge in [-0.2, -0.15) is 0 Å². The van der Waals surface area contributed by atoms with Crippen molar-refractivity contribution in [3.05, 3.63) is 0 Å². The zero-order valence-corrected chi connectivity index (χ0v) is 33.7. The minimum absolute atomic E-state index is 0. The molecule has 284 valence electrons. The maximum absolute atomic E-state index is 11.9. The van der Waals surface area contributed by atoms with Gasteiger partial charge < -0.3 is 31.7 Å². The number of hydrogen-bond donors (Lipinski definition) is 1. The van der Waals surface area contributed by atoms with Gasteiger partial charge in [-0.15, -0.1) is 0 Å². The van der Waals surface area contributed by atoms with Crippen LogP contribution in [0.5, 0.6) is 0 Å². The predicted octanol–water partition coefficient (Wildman–Crippen LogP) is 6.44. The Morgan fingerprint density at radius 2 is 0.915 bits per heavy atom. The number of rotatable bonds is 32. The van der Waals surface area contributed by atoms with E-state index in [0.29, 0.717) is 37.9 Å². The zero-order chi connectivity index (χ0) is 34.7. The Morgan fingerprint density at radius 3 is 1.30 bits per heavy atom. The van der Waals surface area contributed by atoms with E-state index >= 15 is 0 Å². The maximum atomic E-state index is 11.9. The zero-order valence-electron chi connectivity index (χ0n) is 32.9. The lowest BCUT2D eigenvalue weighted by atomic mass is 9.96. The number of nitrogens with one attached hydrogen (secondary N) is 1. The molecule has 0 amide bonds. The first kappa shape index (κ1) is 50.5. The Hall–Kier alpha value is -0.850. The summed E-state index contributed by atoms with van der Waals surface area (Å²) >= 11 is 0. The maximum Gasteiger partial charge on any atom is 0.305 e. The summed E-state index contributed by atoms with van der Waals surface area (Å²) in [6.45, 7) is 12.5. The molecule has 0 aliphatic heterocycles. The van der Waals surface area contributed by atoms with E-state index < -0.39 is 0 Å². The van der Waals surface area contributed by atoms with E-state index in [9.17, 15) is 9.59 Å². The second-order valence-corrected chi connectivity index (χ2v) is 14.5. The Bertz CT molecular complexity index is 594. The predicted molar refractivity (Wildman–Crippen MR) is 199 cm³/mol. The Balaban J connectivity index is -0.000000807. The fraction of sp³-hybridized carbons (Fsp3) is 0.950. The van der Waals surface area contributed by atoms with Crippen LogP contribution in [-0.4, -0.2) is 71.3 Å². The fourth-order valence-corrected chi connectivity index (χ4v) is 5.69. The van der Waals surface area contributed by atoms with Crippen molar-refractivity contribution < 1.29 is 36.4 Å². The highest BCUT2D eigenvalue weighted by Crippen LogP contribution is 2.19. The van der Waals surface area contributed by atoms with E-state index in [-0.39, 0.29) is 24.3 Å². The smallest absolute Gasteiger partial charge is 0.305 e. The molecule has 0 radical (unpaired) electrons. The summed E-state index contributed by atoms with van der Waals surface area (Å²) in [5.74, 6) is 1.17. The molecular weight excluding hydrogens is 608 g/mol. The van der Waals surface area contributed by atoms with Crippen molar-refractivity contribution in [3.63, 3.8) is 0 Å². The molecule has 2 unspecified atom stereocenters. The minimum Gasteiger partial charge on any atom is -1.00 e. The lowest BCUT2D eigenvalue weighted by molar-refractivity contribution is -0.858. The lowest BCUT2D eigenvalue weighted by Gasteiger charge is -2.17. The molecule has 7 heteroatoms. The van der Waals surface area contributed by atoms with Gasteiger partial charge >= 0.3 is 11.9 Å². The summed E-state index contributed by atoms with van der Waals surface area (Å²) in [4.78, 5) is 27.4. The van der Waals surface area contributed by atoms with Gasteiger partial charge in [0, 0.05) is 12.8 Å². The van der Waals surface area contributed by atoms with Crippen molar-refractivity contribution in [2.45, 2.75) is 182 Å². The molecule has 0 aromatic carbocycles. The third-order valence-electron chi connectivity index (χ3n) is 8.87. The molecule has 0 saturated carbocycles. The number of unbranched alkanes of at least 4 members (excludes halogenated alkanes) is 12. The monoisotopic (exact) mass is 691 g/mol. The Morgan fingerprint density at radius 1 is 0.532 bits per heavy atom. The van der Waals surface area contributed by atoms with Crippen LogP contribution >= 0.6 is 0 Å². The van der Waals surface area contributed by atoms with Crippen LogP contribution in [-0.2, 0) is 19.1 Å². The number of halogens is 1. The van der Waals surface area contributed by atoms with E-state index in [0.717, 1.165) is 38.6 Å². The van der Waals surface area contributed by atoms with Crippen LogP contribution in [0, 0.1) is 11.8 Å². The lowest BCUT2D eigenvalue weighted by Crippen LogP contribution is -3.05. The summed E-state index contributed by atoms with van der Waals surface area (Å²) < 4.78 is 11.1. The first-order valence-electron chi connectivity index (χ1n) is 19.9. The summed E-state index contributed by atoms with van der Waals surface area (Å²) in [5.41, 5.74) is 0. The van der Waals surface area contributed by atoms with Crippen molar-refractivity contribution in [1.82, 2.24) is 4.90 Å². The van der Waals surface area contributed by atoms with E-state index in [2.05, 4.69) is 60.8 Å². The van der Waals surface area contributed by atoms with Crippen molar-refractivity contribution >= 4 is 11.9 Å². The van der Waals surface area contributed by atoms with E-state index in [4.69, 9.17) is 9.47 Å². The standard InChI is InChI=1S/2C20H41NO2.ClH/c2*1-5-7-9-11-15-19(14-8-6-2)18-23-20(22)16-12-10-13-17-21(3)4;/h2*19H,5-18H2,1-4H3;1H. The fourth-order valence-electron chi connectivity index (χ4n) is 5.69. The molecular formula is C40H83ClN2O4. The highest BCUT2D eigenvalue weighted by Gasteiger charge is 2.13. The molecule has 47 heavy (non-hydrogen) atoms. The van der Waals surface area contributed by atoms with Crippen LogP contribution in [0.1, 0.15) is 182 Å². The van der Waals surface area contributed by atoms with Gasteiger partial charge in [-0.3, -0.25) is 9.59 Å². The molecule has 1 N–H and O–H groups in total. The summed E-state index contributed by atoms with van der Waals surface area (Å²) in [6, 6.07) is 0. The van der Waals surface area contributed by atoms with Crippen LogP contribution in [0.3, 0.4) is 0 Å². The molecule has 0 aromatic heterocycles. The molecule has 0 fully saturated rings. The van der Waals surface area contributed by atoms with Crippen LogP contribution in [0.2, 0.25) is 0 Å². The number of quaternary nitrogens is 1. The molecule has 0 spiro atoms. The molecule has 6 nitrogen and oxygen atoms in total. The first-order valence-corrected chi connectivity index (χ1v) is 19.9. The van der Waals surface area contributed by atoms with Crippen LogP contribution in [0.15, 0.2) is 0 Å². The van der Waals surface area contributed by atoms with Gasteiger partial charge in [0.2, 0.25) is 0 Å². The molecule has 2 atom stereocenters. The SMILES string of the molecule is CCCCCCC(CCCC)COC(=O)CCCCCN(C)C.CCCCCCC(CCCC)COC(=O)CCCCC[NH+](C)C.[Cl-]. The highest BCUT2D eigenvalue weighted by atomic mass is 35.5. The number of hydrogen-bond acceptors (Lipinski definition) is 5. The average Bonchev–Trinajstić information content (AvgIpc) is 3.02. The van der Waals surface area contributed by atoms with Crippen LogP contribution in [0.4, 0.5) is 0 Å². The number of esters is 2. The number of nitrogens with zero attached hydrogens (tertiary/aromatic N) is 1. The van der Waals surface area contributed by atoms with Crippen molar-refractivity contribution in [2.24, 2.45) is 11.8 Å². The molecule has 0 rings (SSSR count). The molecule has 0 saturated heterocycles. The second-order valence-electron chi connectivity index (χ2n) is 14.5. The first-order chi connectivity index (χ1) is 22.2. The van der Waals surface area contributed by atoms with Crippen molar-refractivity contribution in [2.75, 3.05) is 54.5 Å². The molecule has 0 aliphatic carbocycles. The normalized spacial score (nSPS) is 12.3. The summed E-state index contributed by atoms with van der Waals surface area (Å²) in [5, 5.41) is 0. The van der Waals surface area contributed by atoms with Crippen molar-refractivity contribution in [1.29, 1.82) is 0 Å². The highest BCUT2D eigenvalue weighted by molar-refractivity contribution is 5.69. The van der Waals surface area contributed by atoms with E-state index in [1.165, 1.54) is 121 Å². The third kappa shape index (κ3) is 41.2. The minimum atomic E-state index is 0. The van der Waals surface area contributed by atoms with Gasteiger partial charge in [0.1, 0.15) is 0 Å². The third-order valence-corrected chi connectivity index (χ3v) is 8.87. The van der Waals surface area contributed by atoms with Gasteiger partial charge in [0.15, 0.2) is 0 Å². The topological polar surface area (TPSA) is 60.3 Å². The summed E-state index contributed by atoms with van der Waals surface area (Å²) in [6.07, 6.45) is 28.0. The molecule has 0 heterocycles. The summed E-state index contributed by atoms with van der Waals surface area (Å²) in [7, 11) is 8.52. The van der Waals surface area contributed by atoms with Crippen LogP contribution in [0.25, 0.3) is 0 Å². The van der Waals surface area contributed by atoms with Crippen molar-refractivity contribution in [3.8, 4) is 0 Å². The van der Waals surface area contributed by atoms with Gasteiger partial charge in [0.25, 0.3) is 0 Å². The quantitative estimate of drug-likeness (QED) is 0.0650. The van der Waals surface area contributed by atoms with E-state index in [1.54, 1.807) is 0 Å². The second kappa shape index (κ2) is 39.6. The molecule has 0 bridgehead atoms. The molecule has 0 aromatic rings. The van der Waals surface area contributed by atoms with Gasteiger partial charge in [-0.05, 0) is 90.3 Å². The van der Waals surface area contributed by atoms with Gasteiger partial charge in [0.05, 0.1) is 33.9 Å². The largest absolute Gasteiger partial charge is 1.00 e. The van der Waals surface area contributed by atoms with Gasteiger partial charge in [-0.1, -0.05) is 111 Å². The Labute approximate surface area is 300 Å². The van der Waals surface area contributed by atoms with Gasteiger partial charge in [-0.25, -0.2) is 0 Å². The average molecular weight is 692 g/mol. The molecule has 0 aliphatic rings. The number of carbonyl (C=O) groups excluding carboxylic acids is 2.